The first-order valence-electron chi connectivity index (χ1n) is 8.14. The van der Waals surface area contributed by atoms with Crippen LogP contribution in [0.2, 0.25) is 5.02 Å². The van der Waals surface area contributed by atoms with Gasteiger partial charge in [0.1, 0.15) is 5.75 Å². The van der Waals surface area contributed by atoms with Crippen molar-refractivity contribution in [2.24, 2.45) is 0 Å². The van der Waals surface area contributed by atoms with E-state index in [0.717, 1.165) is 5.56 Å². The minimum absolute atomic E-state index is 0.184. The summed E-state index contributed by atoms with van der Waals surface area (Å²) >= 11 is 7.28. The van der Waals surface area contributed by atoms with E-state index >= 15 is 0 Å². The van der Waals surface area contributed by atoms with Crippen molar-refractivity contribution >= 4 is 35.0 Å². The predicted molar refractivity (Wildman–Crippen MR) is 104 cm³/mol. The molecule has 27 heavy (non-hydrogen) atoms. The van der Waals surface area contributed by atoms with Crippen LogP contribution in [0, 0.1) is 0 Å². The lowest BCUT2D eigenvalue weighted by molar-refractivity contribution is -0.113. The normalized spacial score (nSPS) is 10.6. The Hall–Kier alpha value is -2.58. The van der Waals surface area contributed by atoms with Crippen LogP contribution in [0.1, 0.15) is 12.7 Å². The maximum absolute atomic E-state index is 12.2. The van der Waals surface area contributed by atoms with E-state index in [1.165, 1.54) is 18.9 Å². The fourth-order valence-corrected chi connectivity index (χ4v) is 3.03. The summed E-state index contributed by atoms with van der Waals surface area (Å²) in [5, 5.41) is 7.88. The van der Waals surface area contributed by atoms with Gasteiger partial charge in [0.15, 0.2) is 5.82 Å². The zero-order valence-electron chi connectivity index (χ0n) is 14.7. The van der Waals surface area contributed by atoms with Crippen molar-refractivity contribution in [1.82, 2.24) is 15.1 Å². The molecular formula is C18H17ClN4O3S. The van der Waals surface area contributed by atoms with Crippen LogP contribution in [0.3, 0.4) is 0 Å². The molecule has 0 saturated heterocycles. The van der Waals surface area contributed by atoms with E-state index in [2.05, 4.69) is 20.4 Å². The van der Waals surface area contributed by atoms with Gasteiger partial charge < -0.3 is 14.6 Å². The van der Waals surface area contributed by atoms with Crippen molar-refractivity contribution in [3.63, 3.8) is 0 Å². The number of amides is 1. The Labute approximate surface area is 165 Å². The maximum Gasteiger partial charge on any atom is 0.259 e. The Morgan fingerprint density at radius 2 is 2.19 bits per heavy atom. The standard InChI is InChI=1S/C18H17ClN4O3S/c1-3-15-22-18(26-23-15)11-4-7-17(20-9-11)27-10-16(24)21-13-8-12(19)5-6-14(13)25-2/h4-9H,3,10H2,1-2H3,(H,21,24). The molecule has 0 saturated carbocycles. The smallest absolute Gasteiger partial charge is 0.259 e. The molecule has 2 aromatic heterocycles. The van der Waals surface area contributed by atoms with Crippen LogP contribution in [0.15, 0.2) is 46.1 Å². The fraction of sp³-hybridized carbons (Fsp3) is 0.222. The first-order chi connectivity index (χ1) is 13.1. The number of ether oxygens (including phenoxy) is 1. The van der Waals surface area contributed by atoms with Crippen molar-refractivity contribution in [3.8, 4) is 17.2 Å². The molecule has 3 rings (SSSR count). The Bertz CT molecular complexity index is 931. The molecule has 1 amide bonds. The van der Waals surface area contributed by atoms with Gasteiger partial charge in [-0.25, -0.2) is 4.98 Å². The molecule has 0 aliphatic carbocycles. The number of aromatic nitrogens is 3. The molecule has 0 bridgehead atoms. The van der Waals surface area contributed by atoms with E-state index in [0.29, 0.717) is 39.6 Å². The number of thioether (sulfide) groups is 1. The number of halogens is 1. The molecule has 0 aliphatic rings. The number of hydrogen-bond acceptors (Lipinski definition) is 7. The van der Waals surface area contributed by atoms with Crippen molar-refractivity contribution in [3.05, 3.63) is 47.4 Å². The van der Waals surface area contributed by atoms with Crippen LogP contribution >= 0.6 is 23.4 Å². The van der Waals surface area contributed by atoms with Crippen molar-refractivity contribution in [2.45, 2.75) is 18.4 Å². The van der Waals surface area contributed by atoms with Gasteiger partial charge in [-0.05, 0) is 30.3 Å². The summed E-state index contributed by atoms with van der Waals surface area (Å²) in [5.41, 5.74) is 1.27. The van der Waals surface area contributed by atoms with Gasteiger partial charge in [0.2, 0.25) is 5.91 Å². The highest BCUT2D eigenvalue weighted by Gasteiger charge is 2.11. The summed E-state index contributed by atoms with van der Waals surface area (Å²) in [6.07, 6.45) is 2.35. The third-order valence-electron chi connectivity index (χ3n) is 3.55. The molecule has 1 N–H and O–H groups in total. The monoisotopic (exact) mass is 404 g/mol. The third kappa shape index (κ3) is 4.99. The van der Waals surface area contributed by atoms with Crippen molar-refractivity contribution in [2.75, 3.05) is 18.2 Å². The van der Waals surface area contributed by atoms with E-state index in [1.54, 1.807) is 24.4 Å². The maximum atomic E-state index is 12.2. The molecule has 140 valence electrons. The highest BCUT2D eigenvalue weighted by molar-refractivity contribution is 7.99. The van der Waals surface area contributed by atoms with E-state index < -0.39 is 0 Å². The average molecular weight is 405 g/mol. The van der Waals surface area contributed by atoms with Crippen LogP contribution in [0.5, 0.6) is 5.75 Å². The Morgan fingerprint density at radius 3 is 2.85 bits per heavy atom. The highest BCUT2D eigenvalue weighted by atomic mass is 35.5. The zero-order chi connectivity index (χ0) is 19.2. The summed E-state index contributed by atoms with van der Waals surface area (Å²) in [4.78, 5) is 20.8. The number of nitrogens with one attached hydrogen (secondary N) is 1. The second kappa shape index (κ2) is 8.88. The SMILES string of the molecule is CCc1noc(-c2ccc(SCC(=O)Nc3cc(Cl)ccc3OC)nc2)n1. The van der Waals surface area contributed by atoms with Gasteiger partial charge in [-0.2, -0.15) is 4.98 Å². The van der Waals surface area contributed by atoms with Crippen molar-refractivity contribution in [1.29, 1.82) is 0 Å². The number of carbonyl (C=O) groups is 1. The number of anilines is 1. The first kappa shape index (κ1) is 19.2. The van der Waals surface area contributed by atoms with Gasteiger partial charge in [0, 0.05) is 17.6 Å². The number of nitrogens with zero attached hydrogens (tertiary/aromatic N) is 3. The lowest BCUT2D eigenvalue weighted by Gasteiger charge is -2.10. The van der Waals surface area contributed by atoms with Crippen LogP contribution in [0.4, 0.5) is 5.69 Å². The molecule has 0 atom stereocenters. The van der Waals surface area contributed by atoms with Gasteiger partial charge in [0.25, 0.3) is 5.89 Å². The highest BCUT2D eigenvalue weighted by Crippen LogP contribution is 2.28. The summed E-state index contributed by atoms with van der Waals surface area (Å²) in [7, 11) is 1.53. The second-order valence-corrected chi connectivity index (χ2v) is 6.87. The summed E-state index contributed by atoms with van der Waals surface area (Å²) < 4.78 is 10.4. The number of pyridine rings is 1. The molecule has 2 heterocycles. The van der Waals surface area contributed by atoms with E-state index in [-0.39, 0.29) is 11.7 Å². The summed E-state index contributed by atoms with van der Waals surface area (Å²) in [6, 6.07) is 8.68. The van der Waals surface area contributed by atoms with Gasteiger partial charge in [-0.15, -0.1) is 0 Å². The largest absolute Gasteiger partial charge is 0.495 e. The number of methoxy groups -OCH3 is 1. The van der Waals surface area contributed by atoms with Crippen LogP contribution in [0.25, 0.3) is 11.5 Å². The third-order valence-corrected chi connectivity index (χ3v) is 4.73. The van der Waals surface area contributed by atoms with Crippen LogP contribution < -0.4 is 10.1 Å². The zero-order valence-corrected chi connectivity index (χ0v) is 16.3. The van der Waals surface area contributed by atoms with Gasteiger partial charge in [0.05, 0.1) is 29.1 Å². The fourth-order valence-electron chi connectivity index (χ4n) is 2.21. The molecule has 0 fully saturated rings. The number of rotatable bonds is 7. The summed E-state index contributed by atoms with van der Waals surface area (Å²) in [6.45, 7) is 1.96. The first-order valence-corrected chi connectivity index (χ1v) is 9.50. The number of aryl methyl sites for hydroxylation is 1. The van der Waals surface area contributed by atoms with Gasteiger partial charge >= 0.3 is 0 Å². The summed E-state index contributed by atoms with van der Waals surface area (Å²) in [5.74, 6) is 1.64. The quantitative estimate of drug-likeness (QED) is 0.593. The molecule has 7 nitrogen and oxygen atoms in total. The Morgan fingerprint density at radius 1 is 1.33 bits per heavy atom. The minimum atomic E-state index is -0.184. The van der Waals surface area contributed by atoms with Gasteiger partial charge in [-0.3, -0.25) is 4.79 Å². The topological polar surface area (TPSA) is 90.1 Å². The molecule has 0 radical (unpaired) electrons. The Balaban J connectivity index is 1.58. The molecule has 0 unspecified atom stereocenters. The van der Waals surface area contributed by atoms with Crippen LogP contribution in [-0.4, -0.2) is 33.9 Å². The van der Waals surface area contributed by atoms with E-state index in [1.807, 2.05) is 19.1 Å². The second-order valence-electron chi connectivity index (χ2n) is 5.44. The van der Waals surface area contributed by atoms with E-state index in [9.17, 15) is 4.79 Å². The van der Waals surface area contributed by atoms with Crippen molar-refractivity contribution < 1.29 is 14.1 Å². The number of benzene rings is 1. The average Bonchev–Trinajstić information content (AvgIpc) is 3.16. The molecular weight excluding hydrogens is 388 g/mol. The number of hydrogen-bond donors (Lipinski definition) is 1. The number of carbonyl (C=O) groups excluding carboxylic acids is 1. The molecule has 3 aromatic rings. The molecule has 9 heteroatoms. The molecule has 1 aromatic carbocycles. The molecule has 0 aliphatic heterocycles. The lowest BCUT2D eigenvalue weighted by atomic mass is 10.3. The van der Waals surface area contributed by atoms with Crippen LogP contribution in [-0.2, 0) is 11.2 Å². The Kier molecular flexibility index (Phi) is 6.31. The molecule has 0 spiro atoms. The van der Waals surface area contributed by atoms with E-state index in [4.69, 9.17) is 20.9 Å². The minimum Gasteiger partial charge on any atom is -0.495 e. The van der Waals surface area contributed by atoms with Gasteiger partial charge in [-0.1, -0.05) is 35.4 Å². The lowest BCUT2D eigenvalue weighted by Crippen LogP contribution is -2.14. The predicted octanol–water partition coefficient (Wildman–Crippen LogP) is 4.09.